The van der Waals surface area contributed by atoms with Gasteiger partial charge in [0.05, 0.1) is 12.2 Å². The Morgan fingerprint density at radius 3 is 2.58 bits per heavy atom. The third-order valence-electron chi connectivity index (χ3n) is 4.63. The molecule has 6 nitrogen and oxygen atoms in total. The van der Waals surface area contributed by atoms with Gasteiger partial charge in [-0.1, -0.05) is 0 Å². The largest absolute Gasteiger partial charge is 0.469 e. The van der Waals surface area contributed by atoms with E-state index < -0.39 is 5.60 Å². The minimum Gasteiger partial charge on any atom is -0.469 e. The Morgan fingerprint density at radius 1 is 1.17 bits per heavy atom. The van der Waals surface area contributed by atoms with Crippen LogP contribution in [0.15, 0.2) is 22.8 Å². The number of carbonyl (C=O) groups excluding carboxylic acids is 2. The fourth-order valence-corrected chi connectivity index (χ4v) is 3.43. The zero-order valence-electron chi connectivity index (χ0n) is 14.7. The number of hydrogen-bond donors (Lipinski definition) is 0. The third kappa shape index (κ3) is 3.74. The summed E-state index contributed by atoms with van der Waals surface area (Å²) in [6.07, 6.45) is 2.99. The highest BCUT2D eigenvalue weighted by molar-refractivity contribution is 5.81. The van der Waals surface area contributed by atoms with E-state index in [1.54, 1.807) is 11.2 Å². The van der Waals surface area contributed by atoms with E-state index in [1.807, 2.05) is 37.8 Å². The smallest absolute Gasteiger partial charge is 0.410 e. The van der Waals surface area contributed by atoms with Crippen molar-refractivity contribution < 1.29 is 18.7 Å². The van der Waals surface area contributed by atoms with Crippen LogP contribution >= 0.6 is 0 Å². The SMILES string of the molecule is CC(C)(C)OC(=O)N1CC[C@@H](C(=O)N2CC[C@@H](c3ccco3)C2)C1. The van der Waals surface area contributed by atoms with Gasteiger partial charge in [0, 0.05) is 32.1 Å². The lowest BCUT2D eigenvalue weighted by atomic mass is 10.1. The van der Waals surface area contributed by atoms with Crippen LogP contribution in [0.3, 0.4) is 0 Å². The quantitative estimate of drug-likeness (QED) is 0.834. The summed E-state index contributed by atoms with van der Waals surface area (Å²) in [5.74, 6) is 1.27. The van der Waals surface area contributed by atoms with Crippen LogP contribution in [0.25, 0.3) is 0 Å². The van der Waals surface area contributed by atoms with Crippen LogP contribution in [0.4, 0.5) is 4.79 Å². The van der Waals surface area contributed by atoms with Crippen molar-refractivity contribution >= 4 is 12.0 Å². The summed E-state index contributed by atoms with van der Waals surface area (Å²) in [5.41, 5.74) is -0.510. The van der Waals surface area contributed by atoms with Gasteiger partial charge >= 0.3 is 6.09 Å². The number of rotatable bonds is 2. The first-order valence-electron chi connectivity index (χ1n) is 8.63. The fraction of sp³-hybridized carbons (Fsp3) is 0.667. The summed E-state index contributed by atoms with van der Waals surface area (Å²) in [4.78, 5) is 28.4. The molecular weight excluding hydrogens is 308 g/mol. The average Bonchev–Trinajstić information content (AvgIpc) is 3.24. The van der Waals surface area contributed by atoms with Crippen LogP contribution < -0.4 is 0 Å². The van der Waals surface area contributed by atoms with Crippen molar-refractivity contribution in [1.29, 1.82) is 0 Å². The van der Waals surface area contributed by atoms with Gasteiger partial charge in [-0.15, -0.1) is 0 Å². The molecular formula is C18H26N2O4. The Kier molecular flexibility index (Phi) is 4.56. The molecule has 3 rings (SSSR count). The van der Waals surface area contributed by atoms with Crippen molar-refractivity contribution in [2.24, 2.45) is 5.92 Å². The summed E-state index contributed by atoms with van der Waals surface area (Å²) >= 11 is 0. The van der Waals surface area contributed by atoms with Crippen LogP contribution in [0.5, 0.6) is 0 Å². The van der Waals surface area contributed by atoms with Crippen molar-refractivity contribution in [2.75, 3.05) is 26.2 Å². The summed E-state index contributed by atoms with van der Waals surface area (Å²) in [6.45, 7) is 8.05. The summed E-state index contributed by atoms with van der Waals surface area (Å²) in [6, 6.07) is 3.86. The molecule has 2 aliphatic rings. The summed E-state index contributed by atoms with van der Waals surface area (Å²) < 4.78 is 10.8. The van der Waals surface area contributed by atoms with E-state index in [0.29, 0.717) is 26.1 Å². The molecule has 0 aromatic carbocycles. The van der Waals surface area contributed by atoms with Gasteiger partial charge in [0.15, 0.2) is 0 Å². The Bertz CT molecular complexity index is 591. The molecule has 2 fully saturated rings. The molecule has 0 bridgehead atoms. The molecule has 24 heavy (non-hydrogen) atoms. The van der Waals surface area contributed by atoms with Crippen molar-refractivity contribution in [2.45, 2.75) is 45.1 Å². The molecule has 1 aromatic rings. The number of hydrogen-bond acceptors (Lipinski definition) is 4. The van der Waals surface area contributed by atoms with E-state index >= 15 is 0 Å². The molecule has 6 heteroatoms. The monoisotopic (exact) mass is 334 g/mol. The number of likely N-dealkylation sites (tertiary alicyclic amines) is 2. The topological polar surface area (TPSA) is 63.0 Å². The maximum atomic E-state index is 12.7. The van der Waals surface area contributed by atoms with Crippen LogP contribution in [0, 0.1) is 5.92 Å². The van der Waals surface area contributed by atoms with Gasteiger partial charge in [-0.25, -0.2) is 4.79 Å². The van der Waals surface area contributed by atoms with Crippen molar-refractivity contribution in [3.05, 3.63) is 24.2 Å². The van der Waals surface area contributed by atoms with Gasteiger partial charge < -0.3 is 19.0 Å². The maximum Gasteiger partial charge on any atom is 0.410 e. The van der Waals surface area contributed by atoms with Crippen LogP contribution in [-0.2, 0) is 9.53 Å². The zero-order chi connectivity index (χ0) is 17.3. The molecule has 2 aliphatic heterocycles. The van der Waals surface area contributed by atoms with E-state index in [4.69, 9.17) is 9.15 Å². The van der Waals surface area contributed by atoms with Gasteiger partial charge in [0.1, 0.15) is 11.4 Å². The molecule has 2 atom stereocenters. The highest BCUT2D eigenvalue weighted by atomic mass is 16.6. The second-order valence-electron chi connectivity index (χ2n) is 7.70. The second kappa shape index (κ2) is 6.49. The number of furan rings is 1. The molecule has 2 saturated heterocycles. The van der Waals surface area contributed by atoms with E-state index in [2.05, 4.69) is 0 Å². The second-order valence-corrected chi connectivity index (χ2v) is 7.70. The molecule has 0 aliphatic carbocycles. The highest BCUT2D eigenvalue weighted by Crippen LogP contribution is 2.30. The number of ether oxygens (including phenoxy) is 1. The van der Waals surface area contributed by atoms with Gasteiger partial charge in [0.2, 0.25) is 5.91 Å². The normalized spacial score (nSPS) is 24.5. The number of carbonyl (C=O) groups is 2. The maximum absolute atomic E-state index is 12.7. The van der Waals surface area contributed by atoms with Crippen molar-refractivity contribution in [1.82, 2.24) is 9.80 Å². The minimum absolute atomic E-state index is 0.118. The Balaban J connectivity index is 1.53. The fourth-order valence-electron chi connectivity index (χ4n) is 3.43. The predicted molar refractivity (Wildman–Crippen MR) is 88.6 cm³/mol. The third-order valence-corrected chi connectivity index (χ3v) is 4.63. The molecule has 0 radical (unpaired) electrons. The van der Waals surface area contributed by atoms with E-state index in [-0.39, 0.29) is 23.8 Å². The van der Waals surface area contributed by atoms with Gasteiger partial charge in [-0.05, 0) is 45.7 Å². The van der Waals surface area contributed by atoms with Crippen LogP contribution in [0.1, 0.15) is 45.3 Å². The first-order valence-corrected chi connectivity index (χ1v) is 8.63. The zero-order valence-corrected chi connectivity index (χ0v) is 14.7. The highest BCUT2D eigenvalue weighted by Gasteiger charge is 2.38. The van der Waals surface area contributed by atoms with Gasteiger partial charge in [0.25, 0.3) is 0 Å². The Hall–Kier alpha value is -1.98. The van der Waals surface area contributed by atoms with Crippen LogP contribution in [-0.4, -0.2) is 53.6 Å². The lowest BCUT2D eigenvalue weighted by molar-refractivity contribution is -0.134. The lowest BCUT2D eigenvalue weighted by Gasteiger charge is -2.25. The van der Waals surface area contributed by atoms with Gasteiger partial charge in [-0.3, -0.25) is 4.79 Å². The van der Waals surface area contributed by atoms with E-state index in [1.165, 1.54) is 0 Å². The average molecular weight is 334 g/mol. The molecule has 0 spiro atoms. The molecule has 3 heterocycles. The number of amides is 2. The van der Waals surface area contributed by atoms with Crippen molar-refractivity contribution in [3.63, 3.8) is 0 Å². The molecule has 132 valence electrons. The summed E-state index contributed by atoms with van der Waals surface area (Å²) in [7, 11) is 0. The first-order chi connectivity index (χ1) is 11.3. The van der Waals surface area contributed by atoms with Crippen LogP contribution in [0.2, 0.25) is 0 Å². The molecule has 2 amide bonds. The number of nitrogens with zero attached hydrogens (tertiary/aromatic N) is 2. The Morgan fingerprint density at radius 2 is 1.92 bits per heavy atom. The van der Waals surface area contributed by atoms with E-state index in [9.17, 15) is 9.59 Å². The Labute approximate surface area is 142 Å². The molecule has 0 saturated carbocycles. The summed E-state index contributed by atoms with van der Waals surface area (Å²) in [5, 5.41) is 0. The van der Waals surface area contributed by atoms with Gasteiger partial charge in [-0.2, -0.15) is 0 Å². The van der Waals surface area contributed by atoms with Crippen molar-refractivity contribution in [3.8, 4) is 0 Å². The minimum atomic E-state index is -0.510. The van der Waals surface area contributed by atoms with E-state index in [0.717, 1.165) is 18.7 Å². The lowest BCUT2D eigenvalue weighted by Crippen LogP contribution is -2.38. The molecule has 0 unspecified atom stereocenters. The first kappa shape index (κ1) is 16.9. The molecule has 1 aromatic heterocycles. The molecule has 0 N–H and O–H groups in total. The standard InChI is InChI=1S/C18H26N2O4/c1-18(2,3)24-17(22)20-9-7-14(12-20)16(21)19-8-6-13(11-19)15-5-4-10-23-15/h4-5,10,13-14H,6-9,11-12H2,1-3H3/t13-,14-/m1/s1. The predicted octanol–water partition coefficient (Wildman–Crippen LogP) is 2.85.